The Hall–Kier alpha value is -3.40. The molecule has 2 aromatic rings. The molecule has 0 aromatic heterocycles. The molecule has 0 amide bonds. The van der Waals surface area contributed by atoms with Gasteiger partial charge in [-0.15, -0.1) is 0 Å². The first-order chi connectivity index (χ1) is 13.1. The molecule has 0 unspecified atom stereocenters. The molecule has 1 N–H and O–H groups in total. The van der Waals surface area contributed by atoms with Gasteiger partial charge in [-0.2, -0.15) is 0 Å². The lowest BCUT2D eigenvalue weighted by Gasteiger charge is -2.08. The summed E-state index contributed by atoms with van der Waals surface area (Å²) in [6, 6.07) is 8.41. The number of nitrogens with one attached hydrogen (secondary N) is 1. The predicted molar refractivity (Wildman–Crippen MR) is 104 cm³/mol. The number of allylic oxidation sites excluding steroid dienone is 1. The molecule has 0 bridgehead atoms. The molecule has 0 fully saturated rings. The number of ketones is 1. The van der Waals surface area contributed by atoms with Crippen LogP contribution < -0.4 is 14.2 Å². The van der Waals surface area contributed by atoms with Crippen molar-refractivity contribution in [2.45, 2.75) is 0 Å². The van der Waals surface area contributed by atoms with Gasteiger partial charge in [0, 0.05) is 11.3 Å². The van der Waals surface area contributed by atoms with Crippen molar-refractivity contribution in [1.82, 2.24) is 0 Å². The van der Waals surface area contributed by atoms with Crippen molar-refractivity contribution in [3.8, 4) is 11.5 Å². The predicted octanol–water partition coefficient (Wildman–Crippen LogP) is 2.88. The number of benzene rings is 2. The second kappa shape index (κ2) is 8.53. The SMILES string of the molecule is COc1cc(C=CC(=O)c2ccc(NS(C)(=O)=O)cc2)c([N+](=O)[O-])cc1OC. The number of methoxy groups -OCH3 is 2. The smallest absolute Gasteiger partial charge is 0.280 e. The minimum Gasteiger partial charge on any atom is -0.493 e. The van der Waals surface area contributed by atoms with E-state index in [4.69, 9.17) is 9.47 Å². The molecule has 28 heavy (non-hydrogen) atoms. The fourth-order valence-electron chi connectivity index (χ4n) is 2.35. The van der Waals surface area contributed by atoms with E-state index in [9.17, 15) is 23.3 Å². The summed E-state index contributed by atoms with van der Waals surface area (Å²) in [5.74, 6) is 0.0815. The maximum atomic E-state index is 12.3. The maximum absolute atomic E-state index is 12.3. The third kappa shape index (κ3) is 5.30. The summed E-state index contributed by atoms with van der Waals surface area (Å²) in [5.41, 5.74) is 0.540. The van der Waals surface area contributed by atoms with E-state index in [1.54, 1.807) is 0 Å². The molecule has 2 rings (SSSR count). The number of anilines is 1. The van der Waals surface area contributed by atoms with E-state index in [-0.39, 0.29) is 22.7 Å². The van der Waals surface area contributed by atoms with Crippen LogP contribution in [0.25, 0.3) is 6.08 Å². The number of carbonyl (C=O) groups excluding carboxylic acids is 1. The Bertz CT molecular complexity index is 1030. The van der Waals surface area contributed by atoms with E-state index in [0.29, 0.717) is 11.3 Å². The second-order valence-corrected chi connectivity index (χ2v) is 7.42. The molecule has 2 aromatic carbocycles. The van der Waals surface area contributed by atoms with E-state index in [0.717, 1.165) is 6.26 Å². The molecule has 0 aliphatic heterocycles. The number of hydrogen-bond acceptors (Lipinski definition) is 7. The average Bonchev–Trinajstić information content (AvgIpc) is 2.64. The van der Waals surface area contributed by atoms with Gasteiger partial charge in [0.25, 0.3) is 5.69 Å². The lowest BCUT2D eigenvalue weighted by molar-refractivity contribution is -0.385. The zero-order valence-corrected chi connectivity index (χ0v) is 16.1. The summed E-state index contributed by atoms with van der Waals surface area (Å²) >= 11 is 0. The Labute approximate surface area is 161 Å². The molecule has 0 saturated heterocycles. The fourth-order valence-corrected chi connectivity index (χ4v) is 2.92. The number of ether oxygens (including phenoxy) is 2. The molecule has 0 aliphatic rings. The maximum Gasteiger partial charge on any atom is 0.280 e. The summed E-state index contributed by atoms with van der Waals surface area (Å²) in [4.78, 5) is 23.0. The van der Waals surface area contributed by atoms with Crippen LogP contribution in [-0.2, 0) is 10.0 Å². The number of nitro benzene ring substituents is 1. The monoisotopic (exact) mass is 406 g/mol. The largest absolute Gasteiger partial charge is 0.493 e. The summed E-state index contributed by atoms with van der Waals surface area (Å²) in [5, 5.41) is 11.3. The summed E-state index contributed by atoms with van der Waals surface area (Å²) in [6.45, 7) is 0. The summed E-state index contributed by atoms with van der Waals surface area (Å²) < 4.78 is 34.9. The van der Waals surface area contributed by atoms with Gasteiger partial charge >= 0.3 is 0 Å². The fraction of sp³-hybridized carbons (Fsp3) is 0.167. The van der Waals surface area contributed by atoms with Gasteiger partial charge in [0.15, 0.2) is 17.3 Å². The van der Waals surface area contributed by atoms with Gasteiger partial charge < -0.3 is 9.47 Å². The number of nitro groups is 1. The van der Waals surface area contributed by atoms with E-state index in [2.05, 4.69) is 4.72 Å². The van der Waals surface area contributed by atoms with Crippen molar-refractivity contribution in [3.05, 3.63) is 63.7 Å². The van der Waals surface area contributed by atoms with Crippen LogP contribution in [0.15, 0.2) is 42.5 Å². The standard InChI is InChI=1S/C18H18N2O7S/c1-26-17-10-13(15(20(22)23)11-18(17)27-2)6-9-16(21)12-4-7-14(8-5-12)19-28(3,24)25/h4-11,19H,1-3H3. The zero-order valence-electron chi connectivity index (χ0n) is 15.3. The molecule has 0 saturated carbocycles. The first-order valence-corrected chi connectivity index (χ1v) is 9.74. The second-order valence-electron chi connectivity index (χ2n) is 5.67. The minimum atomic E-state index is -3.42. The van der Waals surface area contributed by atoms with Crippen molar-refractivity contribution in [2.24, 2.45) is 0 Å². The number of rotatable bonds is 8. The normalized spacial score (nSPS) is 11.2. The Morgan fingerprint density at radius 1 is 1.11 bits per heavy atom. The minimum absolute atomic E-state index is 0.173. The Balaban J connectivity index is 2.29. The third-order valence-electron chi connectivity index (χ3n) is 3.62. The number of nitrogens with zero attached hydrogens (tertiary/aromatic N) is 1. The van der Waals surface area contributed by atoms with Crippen molar-refractivity contribution < 1.29 is 27.6 Å². The molecular weight excluding hydrogens is 388 g/mol. The van der Waals surface area contributed by atoms with Gasteiger partial charge in [0.05, 0.1) is 37.0 Å². The number of carbonyl (C=O) groups is 1. The highest BCUT2D eigenvalue weighted by molar-refractivity contribution is 7.92. The summed E-state index contributed by atoms with van der Waals surface area (Å²) in [6.07, 6.45) is 3.52. The Kier molecular flexibility index (Phi) is 6.37. The van der Waals surface area contributed by atoms with E-state index < -0.39 is 20.7 Å². The van der Waals surface area contributed by atoms with Crippen LogP contribution in [-0.4, -0.2) is 39.6 Å². The van der Waals surface area contributed by atoms with Crippen LogP contribution in [0.2, 0.25) is 0 Å². The van der Waals surface area contributed by atoms with Crippen LogP contribution in [0.1, 0.15) is 15.9 Å². The van der Waals surface area contributed by atoms with Gasteiger partial charge in [-0.1, -0.05) is 0 Å². The molecule has 0 atom stereocenters. The van der Waals surface area contributed by atoms with E-state index in [1.807, 2.05) is 0 Å². The van der Waals surface area contributed by atoms with Crippen LogP contribution in [0.4, 0.5) is 11.4 Å². The highest BCUT2D eigenvalue weighted by atomic mass is 32.2. The molecule has 0 radical (unpaired) electrons. The average molecular weight is 406 g/mol. The van der Waals surface area contributed by atoms with E-state index in [1.165, 1.54) is 62.8 Å². The molecule has 0 heterocycles. The van der Waals surface area contributed by atoms with E-state index >= 15 is 0 Å². The lowest BCUT2D eigenvalue weighted by atomic mass is 10.1. The highest BCUT2D eigenvalue weighted by Gasteiger charge is 2.18. The summed E-state index contributed by atoms with van der Waals surface area (Å²) in [7, 11) is -0.655. The lowest BCUT2D eigenvalue weighted by Crippen LogP contribution is -2.09. The van der Waals surface area contributed by atoms with Gasteiger partial charge in [0.2, 0.25) is 10.0 Å². The van der Waals surface area contributed by atoms with Gasteiger partial charge in [-0.05, 0) is 42.5 Å². The number of hydrogen-bond donors (Lipinski definition) is 1. The van der Waals surface area contributed by atoms with Crippen LogP contribution >= 0.6 is 0 Å². The van der Waals surface area contributed by atoms with Gasteiger partial charge in [-0.25, -0.2) is 8.42 Å². The van der Waals surface area contributed by atoms with Gasteiger partial charge in [0.1, 0.15) is 0 Å². The van der Waals surface area contributed by atoms with Crippen LogP contribution in [0.3, 0.4) is 0 Å². The quantitative estimate of drug-likeness (QED) is 0.309. The first-order valence-electron chi connectivity index (χ1n) is 7.85. The van der Waals surface area contributed by atoms with Crippen LogP contribution in [0, 0.1) is 10.1 Å². The molecule has 10 heteroatoms. The topological polar surface area (TPSA) is 125 Å². The first kappa shape index (κ1) is 20.9. The Morgan fingerprint density at radius 3 is 2.18 bits per heavy atom. The molecule has 0 spiro atoms. The highest BCUT2D eigenvalue weighted by Crippen LogP contribution is 2.35. The van der Waals surface area contributed by atoms with Crippen molar-refractivity contribution >= 4 is 33.3 Å². The Morgan fingerprint density at radius 2 is 1.68 bits per heavy atom. The molecule has 0 aliphatic carbocycles. The zero-order chi connectivity index (χ0) is 20.9. The van der Waals surface area contributed by atoms with Crippen LogP contribution in [0.5, 0.6) is 11.5 Å². The molecule has 9 nitrogen and oxygen atoms in total. The van der Waals surface area contributed by atoms with Crippen molar-refractivity contribution in [3.63, 3.8) is 0 Å². The van der Waals surface area contributed by atoms with Gasteiger partial charge in [-0.3, -0.25) is 19.6 Å². The molecular formula is C18H18N2O7S. The number of sulfonamides is 1. The third-order valence-corrected chi connectivity index (χ3v) is 4.22. The van der Waals surface area contributed by atoms with Crippen molar-refractivity contribution in [2.75, 3.05) is 25.2 Å². The molecule has 148 valence electrons. The van der Waals surface area contributed by atoms with Crippen molar-refractivity contribution in [1.29, 1.82) is 0 Å².